The van der Waals surface area contributed by atoms with Crippen LogP contribution in [-0.2, 0) is 6.42 Å². The highest BCUT2D eigenvalue weighted by molar-refractivity contribution is 6.30. The predicted octanol–water partition coefficient (Wildman–Crippen LogP) is 5.36. The van der Waals surface area contributed by atoms with Crippen LogP contribution in [0.2, 0.25) is 5.02 Å². The maximum atomic E-state index is 6.05. The average molecular weight is 312 g/mol. The summed E-state index contributed by atoms with van der Waals surface area (Å²) >= 11 is 6.05. The number of benzene rings is 1. The summed E-state index contributed by atoms with van der Waals surface area (Å²) in [5.74, 6) is 0.933. The van der Waals surface area contributed by atoms with Gasteiger partial charge in [-0.15, -0.1) is 0 Å². The number of ether oxygens (including phenoxy) is 1. The Bertz CT molecular complexity index is 393. The number of halogens is 1. The van der Waals surface area contributed by atoms with E-state index < -0.39 is 0 Å². The van der Waals surface area contributed by atoms with Crippen molar-refractivity contribution in [1.82, 2.24) is 0 Å². The van der Waals surface area contributed by atoms with Crippen molar-refractivity contribution >= 4 is 11.6 Å². The van der Waals surface area contributed by atoms with Crippen LogP contribution in [0.15, 0.2) is 18.2 Å². The van der Waals surface area contributed by atoms with E-state index in [1.165, 1.54) is 38.5 Å². The summed E-state index contributed by atoms with van der Waals surface area (Å²) in [5.41, 5.74) is 6.99. The van der Waals surface area contributed by atoms with Crippen LogP contribution < -0.4 is 10.5 Å². The standard InChI is InChI=1S/C18H30ClNO/c1-3-4-5-6-7-8-9-12-21-18-11-10-17(19)14-16(18)13-15(2)20/h10-11,14-15H,3-9,12-13,20H2,1-2H3. The van der Waals surface area contributed by atoms with E-state index >= 15 is 0 Å². The molecule has 1 atom stereocenters. The van der Waals surface area contributed by atoms with Gasteiger partial charge in [0.2, 0.25) is 0 Å². The van der Waals surface area contributed by atoms with Gasteiger partial charge in [0.15, 0.2) is 0 Å². The molecule has 1 rings (SSSR count). The molecular formula is C18H30ClNO. The number of hydrogen-bond donors (Lipinski definition) is 1. The summed E-state index contributed by atoms with van der Waals surface area (Å²) in [7, 11) is 0. The van der Waals surface area contributed by atoms with Gasteiger partial charge in [0.05, 0.1) is 6.61 Å². The third-order valence-corrected chi connectivity index (χ3v) is 3.80. The lowest BCUT2D eigenvalue weighted by molar-refractivity contribution is 0.301. The van der Waals surface area contributed by atoms with Crippen LogP contribution in [0.4, 0.5) is 0 Å². The number of hydrogen-bond acceptors (Lipinski definition) is 2. The first-order valence-corrected chi connectivity index (χ1v) is 8.68. The minimum Gasteiger partial charge on any atom is -0.493 e. The van der Waals surface area contributed by atoms with Gasteiger partial charge >= 0.3 is 0 Å². The van der Waals surface area contributed by atoms with E-state index in [1.54, 1.807) is 0 Å². The van der Waals surface area contributed by atoms with E-state index in [0.717, 1.165) is 35.8 Å². The van der Waals surface area contributed by atoms with Crippen LogP contribution in [0.1, 0.15) is 64.4 Å². The van der Waals surface area contributed by atoms with E-state index in [1.807, 2.05) is 25.1 Å². The molecular weight excluding hydrogens is 282 g/mol. The third kappa shape index (κ3) is 8.33. The minimum atomic E-state index is 0.115. The molecule has 0 aliphatic rings. The molecule has 2 N–H and O–H groups in total. The van der Waals surface area contributed by atoms with Crippen molar-refractivity contribution in [3.05, 3.63) is 28.8 Å². The molecule has 0 saturated carbocycles. The smallest absolute Gasteiger partial charge is 0.122 e. The van der Waals surface area contributed by atoms with Crippen LogP contribution in [0.3, 0.4) is 0 Å². The Balaban J connectivity index is 2.28. The SMILES string of the molecule is CCCCCCCCCOc1ccc(Cl)cc1CC(C)N. The molecule has 0 aliphatic heterocycles. The van der Waals surface area contributed by atoms with Crippen molar-refractivity contribution in [1.29, 1.82) is 0 Å². The Morgan fingerprint density at radius 1 is 1.10 bits per heavy atom. The summed E-state index contributed by atoms with van der Waals surface area (Å²) in [4.78, 5) is 0. The second-order valence-electron chi connectivity index (χ2n) is 5.90. The Hall–Kier alpha value is -0.730. The first-order valence-electron chi connectivity index (χ1n) is 8.30. The highest BCUT2D eigenvalue weighted by atomic mass is 35.5. The van der Waals surface area contributed by atoms with E-state index in [-0.39, 0.29) is 6.04 Å². The van der Waals surface area contributed by atoms with Crippen molar-refractivity contribution in [2.24, 2.45) is 5.73 Å². The maximum absolute atomic E-state index is 6.05. The Kier molecular flexibility index (Phi) is 9.53. The van der Waals surface area contributed by atoms with Gasteiger partial charge in [-0.3, -0.25) is 0 Å². The van der Waals surface area contributed by atoms with Crippen molar-refractivity contribution < 1.29 is 4.74 Å². The lowest BCUT2D eigenvalue weighted by Crippen LogP contribution is -2.18. The lowest BCUT2D eigenvalue weighted by atomic mass is 10.1. The molecule has 0 saturated heterocycles. The van der Waals surface area contributed by atoms with Crippen LogP contribution in [0.5, 0.6) is 5.75 Å². The molecule has 0 amide bonds. The second kappa shape index (κ2) is 10.9. The summed E-state index contributed by atoms with van der Waals surface area (Å²) in [6, 6.07) is 5.92. The molecule has 0 heterocycles. The molecule has 0 aliphatic carbocycles. The number of unbranched alkanes of at least 4 members (excludes halogenated alkanes) is 6. The third-order valence-electron chi connectivity index (χ3n) is 3.57. The Morgan fingerprint density at radius 3 is 2.43 bits per heavy atom. The number of nitrogens with two attached hydrogens (primary N) is 1. The van der Waals surface area contributed by atoms with Gasteiger partial charge in [-0.2, -0.15) is 0 Å². The highest BCUT2D eigenvalue weighted by Gasteiger charge is 2.07. The van der Waals surface area contributed by atoms with Gasteiger partial charge in [-0.25, -0.2) is 0 Å². The Morgan fingerprint density at radius 2 is 1.76 bits per heavy atom. The molecule has 2 nitrogen and oxygen atoms in total. The van der Waals surface area contributed by atoms with Crippen LogP contribution in [0.25, 0.3) is 0 Å². The van der Waals surface area contributed by atoms with Gasteiger partial charge in [0.1, 0.15) is 5.75 Å². The van der Waals surface area contributed by atoms with E-state index in [0.29, 0.717) is 0 Å². The minimum absolute atomic E-state index is 0.115. The Labute approximate surface area is 135 Å². The van der Waals surface area contributed by atoms with Gasteiger partial charge in [-0.05, 0) is 43.5 Å². The highest BCUT2D eigenvalue weighted by Crippen LogP contribution is 2.24. The second-order valence-corrected chi connectivity index (χ2v) is 6.34. The fraction of sp³-hybridized carbons (Fsp3) is 0.667. The normalized spacial score (nSPS) is 12.4. The molecule has 0 fully saturated rings. The molecule has 3 heteroatoms. The fourth-order valence-electron chi connectivity index (χ4n) is 2.44. The summed E-state index contributed by atoms with van der Waals surface area (Å²) in [5, 5.41) is 0.744. The first-order chi connectivity index (χ1) is 10.1. The van der Waals surface area contributed by atoms with E-state index in [4.69, 9.17) is 22.1 Å². The zero-order valence-corrected chi connectivity index (χ0v) is 14.3. The quantitative estimate of drug-likeness (QED) is 0.558. The van der Waals surface area contributed by atoms with Crippen LogP contribution >= 0.6 is 11.6 Å². The molecule has 21 heavy (non-hydrogen) atoms. The topological polar surface area (TPSA) is 35.2 Å². The molecule has 1 aromatic rings. The zero-order chi connectivity index (χ0) is 15.5. The molecule has 1 unspecified atom stereocenters. The fourth-order valence-corrected chi connectivity index (χ4v) is 2.63. The molecule has 0 radical (unpaired) electrons. The largest absolute Gasteiger partial charge is 0.493 e. The summed E-state index contributed by atoms with van der Waals surface area (Å²) < 4.78 is 5.91. The van der Waals surface area contributed by atoms with Crippen LogP contribution in [0, 0.1) is 0 Å². The predicted molar refractivity (Wildman–Crippen MR) is 92.3 cm³/mol. The average Bonchev–Trinajstić information content (AvgIpc) is 2.43. The van der Waals surface area contributed by atoms with Crippen molar-refractivity contribution in [2.75, 3.05) is 6.61 Å². The van der Waals surface area contributed by atoms with Crippen LogP contribution in [-0.4, -0.2) is 12.6 Å². The summed E-state index contributed by atoms with van der Waals surface area (Å²) in [6.45, 7) is 5.03. The van der Waals surface area contributed by atoms with E-state index in [9.17, 15) is 0 Å². The lowest BCUT2D eigenvalue weighted by Gasteiger charge is -2.13. The van der Waals surface area contributed by atoms with Gasteiger partial charge in [0.25, 0.3) is 0 Å². The molecule has 1 aromatic carbocycles. The molecule has 0 spiro atoms. The van der Waals surface area contributed by atoms with Gasteiger partial charge < -0.3 is 10.5 Å². The summed E-state index contributed by atoms with van der Waals surface area (Å²) in [6.07, 6.45) is 9.87. The van der Waals surface area contributed by atoms with Gasteiger partial charge in [0, 0.05) is 11.1 Å². The van der Waals surface area contributed by atoms with Crippen molar-refractivity contribution in [3.8, 4) is 5.75 Å². The number of rotatable bonds is 11. The molecule has 0 aromatic heterocycles. The van der Waals surface area contributed by atoms with Crippen molar-refractivity contribution in [2.45, 2.75) is 71.3 Å². The monoisotopic (exact) mass is 311 g/mol. The maximum Gasteiger partial charge on any atom is 0.122 e. The van der Waals surface area contributed by atoms with Crippen molar-refractivity contribution in [3.63, 3.8) is 0 Å². The molecule has 120 valence electrons. The first kappa shape index (κ1) is 18.3. The zero-order valence-electron chi connectivity index (χ0n) is 13.5. The molecule has 0 bridgehead atoms. The van der Waals surface area contributed by atoms with Gasteiger partial charge in [-0.1, -0.05) is 57.0 Å². The van der Waals surface area contributed by atoms with E-state index in [2.05, 4.69) is 6.92 Å².